The van der Waals surface area contributed by atoms with Gasteiger partial charge in [0.15, 0.2) is 11.6 Å². The maximum absolute atomic E-state index is 14.0. The molecule has 136 valence electrons. The Hall–Kier alpha value is -1.98. The summed E-state index contributed by atoms with van der Waals surface area (Å²) in [5.74, 6) is -1.11. The number of piperidine rings is 1. The van der Waals surface area contributed by atoms with Crippen LogP contribution in [0.3, 0.4) is 0 Å². The maximum Gasteiger partial charge on any atom is 0.410 e. The lowest BCUT2D eigenvalue weighted by Crippen LogP contribution is -2.49. The van der Waals surface area contributed by atoms with E-state index >= 15 is 0 Å². The lowest BCUT2D eigenvalue weighted by molar-refractivity contribution is 0.00247. The van der Waals surface area contributed by atoms with Crippen molar-refractivity contribution < 1.29 is 18.7 Å². The first kappa shape index (κ1) is 17.8. The van der Waals surface area contributed by atoms with E-state index in [9.17, 15) is 14.0 Å². The summed E-state index contributed by atoms with van der Waals surface area (Å²) in [5.41, 5.74) is 0.00618. The summed E-state index contributed by atoms with van der Waals surface area (Å²) in [7, 11) is 0. The van der Waals surface area contributed by atoms with Crippen LogP contribution in [0.25, 0.3) is 0 Å². The number of carbonyl (C=O) groups is 2. The van der Waals surface area contributed by atoms with Crippen molar-refractivity contribution in [3.8, 4) is 0 Å². The molecular formula is C19H25FN2O3. The van der Waals surface area contributed by atoms with Gasteiger partial charge in [0.1, 0.15) is 11.3 Å². The fourth-order valence-corrected chi connectivity index (χ4v) is 3.91. The van der Waals surface area contributed by atoms with Gasteiger partial charge in [0.25, 0.3) is 0 Å². The number of ether oxygens (including phenoxy) is 1. The minimum Gasteiger partial charge on any atom is -0.444 e. The van der Waals surface area contributed by atoms with E-state index in [0.717, 1.165) is 12.8 Å². The van der Waals surface area contributed by atoms with E-state index in [0.29, 0.717) is 18.5 Å². The van der Waals surface area contributed by atoms with Crippen LogP contribution >= 0.6 is 0 Å². The Labute approximate surface area is 147 Å². The molecule has 0 aliphatic carbocycles. The molecule has 6 heteroatoms. The first-order valence-corrected chi connectivity index (χ1v) is 8.84. The number of nitrogens with zero attached hydrogens (tertiary/aromatic N) is 2. The topological polar surface area (TPSA) is 59.5 Å². The number of hydrogen-bond donors (Lipinski definition) is 0. The van der Waals surface area contributed by atoms with Gasteiger partial charge in [-0.05, 0) is 65.5 Å². The normalized spacial score (nSPS) is 25.8. The van der Waals surface area contributed by atoms with Crippen LogP contribution in [0, 0.1) is 18.7 Å². The van der Waals surface area contributed by atoms with Gasteiger partial charge in [-0.15, -0.1) is 0 Å². The Morgan fingerprint density at radius 1 is 1.20 bits per heavy atom. The number of carbonyl (C=O) groups excluding carboxylic acids is 2. The fourth-order valence-electron chi connectivity index (χ4n) is 3.91. The summed E-state index contributed by atoms with van der Waals surface area (Å²) in [4.78, 5) is 31.1. The molecule has 2 aliphatic heterocycles. The maximum atomic E-state index is 14.0. The standard InChI is InChI=1S/C19H25FN2O3/c1-11-5-8-15(20)16(21-11)17(23)12-9-13-6-7-14(10-12)22(13)18(24)25-19(2,3)4/h5,8,12-14H,6-7,9-10H2,1-4H3. The Morgan fingerprint density at radius 3 is 2.36 bits per heavy atom. The molecule has 5 nitrogen and oxygen atoms in total. The minimum absolute atomic E-state index is 0.0181. The van der Waals surface area contributed by atoms with Gasteiger partial charge >= 0.3 is 6.09 Å². The number of rotatable bonds is 2. The van der Waals surface area contributed by atoms with Crippen LogP contribution in [-0.2, 0) is 4.74 Å². The Morgan fingerprint density at radius 2 is 1.80 bits per heavy atom. The summed E-state index contributed by atoms with van der Waals surface area (Å²) in [6.45, 7) is 7.27. The molecule has 2 unspecified atom stereocenters. The monoisotopic (exact) mass is 348 g/mol. The molecule has 2 bridgehead atoms. The van der Waals surface area contributed by atoms with E-state index in [4.69, 9.17) is 4.74 Å². The molecule has 0 spiro atoms. The quantitative estimate of drug-likeness (QED) is 0.761. The lowest BCUT2D eigenvalue weighted by atomic mass is 9.86. The number of amides is 1. The SMILES string of the molecule is Cc1ccc(F)c(C(=O)C2CC3CCC(C2)N3C(=O)OC(C)(C)C)n1. The van der Waals surface area contributed by atoms with Crippen molar-refractivity contribution in [1.82, 2.24) is 9.88 Å². The van der Waals surface area contributed by atoms with E-state index in [-0.39, 0.29) is 35.6 Å². The van der Waals surface area contributed by atoms with E-state index in [1.807, 2.05) is 20.8 Å². The van der Waals surface area contributed by atoms with E-state index < -0.39 is 11.4 Å². The average Bonchev–Trinajstić information content (AvgIpc) is 2.78. The Balaban J connectivity index is 1.74. The molecule has 2 saturated heterocycles. The number of aromatic nitrogens is 1. The molecule has 3 rings (SSSR count). The number of Topliss-reactive ketones (excluding diaryl/α,β-unsaturated/α-hetero) is 1. The highest BCUT2D eigenvalue weighted by Gasteiger charge is 2.47. The zero-order valence-electron chi connectivity index (χ0n) is 15.2. The first-order valence-electron chi connectivity index (χ1n) is 8.84. The summed E-state index contributed by atoms with van der Waals surface area (Å²) < 4.78 is 19.5. The molecule has 1 aromatic heterocycles. The molecule has 1 amide bonds. The summed E-state index contributed by atoms with van der Waals surface area (Å²) in [5, 5.41) is 0. The van der Waals surface area contributed by atoms with Crippen LogP contribution in [0.1, 0.15) is 62.6 Å². The lowest BCUT2D eigenvalue weighted by Gasteiger charge is -2.39. The van der Waals surface area contributed by atoms with E-state index in [1.54, 1.807) is 17.9 Å². The molecule has 2 aliphatic rings. The fraction of sp³-hybridized carbons (Fsp3) is 0.632. The molecule has 2 fully saturated rings. The van der Waals surface area contributed by atoms with Crippen LogP contribution < -0.4 is 0 Å². The second-order valence-electron chi connectivity index (χ2n) is 8.09. The second-order valence-corrected chi connectivity index (χ2v) is 8.09. The minimum atomic E-state index is -0.572. The van der Waals surface area contributed by atoms with E-state index in [1.165, 1.54) is 6.07 Å². The molecule has 0 aromatic carbocycles. The van der Waals surface area contributed by atoms with Crippen molar-refractivity contribution in [2.24, 2.45) is 5.92 Å². The third-order valence-electron chi connectivity index (χ3n) is 4.93. The van der Waals surface area contributed by atoms with Crippen molar-refractivity contribution in [2.75, 3.05) is 0 Å². The predicted molar refractivity (Wildman–Crippen MR) is 90.9 cm³/mol. The van der Waals surface area contributed by atoms with Crippen LogP contribution in [-0.4, -0.2) is 39.4 Å². The first-order chi connectivity index (χ1) is 11.7. The van der Waals surface area contributed by atoms with E-state index in [2.05, 4.69) is 4.98 Å². The van der Waals surface area contributed by atoms with Gasteiger partial charge < -0.3 is 9.64 Å². The zero-order valence-corrected chi connectivity index (χ0v) is 15.2. The van der Waals surface area contributed by atoms with Gasteiger partial charge in [0, 0.05) is 23.7 Å². The third-order valence-corrected chi connectivity index (χ3v) is 4.93. The average molecular weight is 348 g/mol. The molecule has 0 saturated carbocycles. The summed E-state index contributed by atoms with van der Waals surface area (Å²) >= 11 is 0. The smallest absolute Gasteiger partial charge is 0.410 e. The number of aryl methyl sites for hydroxylation is 1. The van der Waals surface area contributed by atoms with Gasteiger partial charge in [0.2, 0.25) is 0 Å². The summed E-state index contributed by atoms with van der Waals surface area (Å²) in [6.07, 6.45) is 2.49. The summed E-state index contributed by atoms with van der Waals surface area (Å²) in [6, 6.07) is 2.81. The Bertz CT molecular complexity index is 684. The van der Waals surface area contributed by atoms with Gasteiger partial charge in [-0.3, -0.25) is 4.79 Å². The van der Waals surface area contributed by atoms with Crippen molar-refractivity contribution in [3.63, 3.8) is 0 Å². The molecule has 0 N–H and O–H groups in total. The third kappa shape index (κ3) is 3.67. The molecule has 2 atom stereocenters. The van der Waals surface area contributed by atoms with Gasteiger partial charge in [-0.25, -0.2) is 14.2 Å². The zero-order chi connectivity index (χ0) is 18.4. The molecule has 1 aromatic rings. The largest absolute Gasteiger partial charge is 0.444 e. The van der Waals surface area contributed by atoms with Crippen molar-refractivity contribution in [3.05, 3.63) is 29.3 Å². The number of hydrogen-bond acceptors (Lipinski definition) is 4. The van der Waals surface area contributed by atoms with Crippen molar-refractivity contribution in [2.45, 2.75) is 71.1 Å². The highest BCUT2D eigenvalue weighted by Crippen LogP contribution is 2.40. The number of halogens is 1. The number of fused-ring (bicyclic) bond motifs is 2. The second kappa shape index (κ2) is 6.39. The van der Waals surface area contributed by atoms with Crippen LogP contribution in [0.5, 0.6) is 0 Å². The molecular weight excluding hydrogens is 323 g/mol. The van der Waals surface area contributed by atoms with Crippen LogP contribution in [0.2, 0.25) is 0 Å². The Kier molecular flexibility index (Phi) is 4.56. The highest BCUT2D eigenvalue weighted by atomic mass is 19.1. The molecule has 3 heterocycles. The van der Waals surface area contributed by atoms with Crippen LogP contribution in [0.15, 0.2) is 12.1 Å². The van der Waals surface area contributed by atoms with Gasteiger partial charge in [-0.2, -0.15) is 0 Å². The van der Waals surface area contributed by atoms with Crippen LogP contribution in [0.4, 0.5) is 9.18 Å². The van der Waals surface area contributed by atoms with Crippen molar-refractivity contribution in [1.29, 1.82) is 0 Å². The van der Waals surface area contributed by atoms with Gasteiger partial charge in [0.05, 0.1) is 0 Å². The van der Waals surface area contributed by atoms with Crippen molar-refractivity contribution >= 4 is 11.9 Å². The molecule has 0 radical (unpaired) electrons. The molecule has 25 heavy (non-hydrogen) atoms. The van der Waals surface area contributed by atoms with Gasteiger partial charge in [-0.1, -0.05) is 0 Å². The predicted octanol–water partition coefficient (Wildman–Crippen LogP) is 3.89. The number of pyridine rings is 1. The highest BCUT2D eigenvalue weighted by molar-refractivity contribution is 5.96. The number of ketones is 1.